The normalized spacial score (nSPS) is 31.5. The topological polar surface area (TPSA) is 78.9 Å². The van der Waals surface area contributed by atoms with Gasteiger partial charge in [0, 0.05) is 44.4 Å². The van der Waals surface area contributed by atoms with Crippen molar-refractivity contribution in [3.8, 4) is 0 Å². The van der Waals surface area contributed by atoms with Gasteiger partial charge in [-0.2, -0.15) is 0 Å². The number of hydrogen-bond acceptors (Lipinski definition) is 4. The number of nitrogens with one attached hydrogen (secondary N) is 1. The average Bonchev–Trinajstić information content (AvgIpc) is 3.37. The Morgan fingerprint density at radius 2 is 2.03 bits per heavy atom. The highest BCUT2D eigenvalue weighted by molar-refractivity contribution is 5.76. The predicted molar refractivity (Wildman–Crippen MR) is 119 cm³/mol. The molecule has 6 nitrogen and oxygen atoms in total. The molecule has 3 saturated heterocycles. The summed E-state index contributed by atoms with van der Waals surface area (Å²) in [6, 6.07) is 8.50. The fraction of sp³-hybridized carbons (Fsp3) is 0.680. The summed E-state index contributed by atoms with van der Waals surface area (Å²) < 4.78 is 6.54. The molecule has 6 heteroatoms. The lowest BCUT2D eigenvalue weighted by Crippen LogP contribution is -2.41. The van der Waals surface area contributed by atoms with E-state index >= 15 is 0 Å². The van der Waals surface area contributed by atoms with E-state index in [0.29, 0.717) is 24.4 Å². The molecular formula is C25H36N2O4. The average molecular weight is 429 g/mol. The Bertz CT molecular complexity index is 763. The Morgan fingerprint density at radius 3 is 2.71 bits per heavy atom. The van der Waals surface area contributed by atoms with Gasteiger partial charge in [-0.05, 0) is 50.5 Å². The number of benzene rings is 1. The number of aryl methyl sites for hydroxylation is 2. The number of carboxylic acid groups (broad SMARTS) is 1. The van der Waals surface area contributed by atoms with Gasteiger partial charge in [0.1, 0.15) is 0 Å². The largest absolute Gasteiger partial charge is 0.483 e. The van der Waals surface area contributed by atoms with Gasteiger partial charge in [0.05, 0.1) is 11.7 Å². The monoisotopic (exact) mass is 428 g/mol. The van der Waals surface area contributed by atoms with Crippen LogP contribution in [0.1, 0.15) is 49.7 Å². The molecule has 1 aromatic carbocycles. The number of rotatable bonds is 7. The zero-order valence-electron chi connectivity index (χ0n) is 18.6. The summed E-state index contributed by atoms with van der Waals surface area (Å²) in [5.74, 6) is 2.22. The van der Waals surface area contributed by atoms with Crippen molar-refractivity contribution >= 4 is 12.4 Å². The van der Waals surface area contributed by atoms with E-state index < -0.39 is 0 Å². The van der Waals surface area contributed by atoms with Crippen molar-refractivity contribution in [1.82, 2.24) is 10.2 Å². The van der Waals surface area contributed by atoms with E-state index in [1.54, 1.807) is 0 Å². The highest BCUT2D eigenvalue weighted by Gasteiger charge is 2.62. The lowest BCUT2D eigenvalue weighted by Gasteiger charge is -2.31. The molecule has 31 heavy (non-hydrogen) atoms. The molecule has 170 valence electrons. The summed E-state index contributed by atoms with van der Waals surface area (Å²) >= 11 is 0. The van der Waals surface area contributed by atoms with Crippen LogP contribution in [-0.2, 0) is 20.7 Å². The minimum atomic E-state index is -0.250. The highest BCUT2D eigenvalue weighted by Crippen LogP contribution is 2.54. The third kappa shape index (κ3) is 4.96. The van der Waals surface area contributed by atoms with Gasteiger partial charge in [0.15, 0.2) is 0 Å². The molecule has 1 saturated carbocycles. The summed E-state index contributed by atoms with van der Waals surface area (Å²) in [5.41, 5.74) is 2.61. The molecule has 0 radical (unpaired) electrons. The zero-order valence-corrected chi connectivity index (χ0v) is 18.6. The van der Waals surface area contributed by atoms with Crippen LogP contribution in [0.3, 0.4) is 0 Å². The van der Waals surface area contributed by atoms with Crippen LogP contribution < -0.4 is 5.32 Å². The number of nitrogens with zero attached hydrogens (tertiary/aromatic N) is 1. The molecule has 1 amide bonds. The van der Waals surface area contributed by atoms with Crippen LogP contribution in [0.4, 0.5) is 0 Å². The predicted octanol–water partition coefficient (Wildman–Crippen LogP) is 3.02. The van der Waals surface area contributed by atoms with Gasteiger partial charge in [-0.3, -0.25) is 14.5 Å². The first-order chi connectivity index (χ1) is 15.0. The van der Waals surface area contributed by atoms with Gasteiger partial charge in [0.2, 0.25) is 5.91 Å². The fourth-order valence-electron chi connectivity index (χ4n) is 6.07. The third-order valence-electron chi connectivity index (χ3n) is 7.89. The molecule has 1 aliphatic carbocycles. The van der Waals surface area contributed by atoms with Crippen molar-refractivity contribution in [3.05, 3.63) is 35.4 Å². The second-order valence-electron chi connectivity index (χ2n) is 9.92. The van der Waals surface area contributed by atoms with Gasteiger partial charge in [-0.1, -0.05) is 36.2 Å². The van der Waals surface area contributed by atoms with Gasteiger partial charge < -0.3 is 15.2 Å². The first-order valence-electron chi connectivity index (χ1n) is 11.8. The smallest absolute Gasteiger partial charge is 0.290 e. The molecule has 4 aliphatic rings. The lowest BCUT2D eigenvalue weighted by atomic mass is 9.73. The molecule has 2 N–H and O–H groups in total. The van der Waals surface area contributed by atoms with Crippen LogP contribution in [-0.4, -0.2) is 60.3 Å². The maximum absolute atomic E-state index is 12.4. The van der Waals surface area contributed by atoms with Crippen molar-refractivity contribution in [1.29, 1.82) is 0 Å². The minimum Gasteiger partial charge on any atom is -0.483 e. The first-order valence-corrected chi connectivity index (χ1v) is 11.8. The van der Waals surface area contributed by atoms with Crippen molar-refractivity contribution in [3.63, 3.8) is 0 Å². The number of likely N-dealkylation sites (tertiary alicyclic amines) is 1. The number of ether oxygens (including phenoxy) is 1. The number of amides is 1. The highest BCUT2D eigenvalue weighted by atomic mass is 16.5. The molecule has 3 aliphatic heterocycles. The van der Waals surface area contributed by atoms with E-state index in [0.717, 1.165) is 25.4 Å². The second kappa shape index (κ2) is 9.70. The maximum atomic E-state index is 12.4. The number of fused-ring (bicyclic) bond motifs is 1. The SMILES string of the molecule is Cc1ccc(CCC(=O)NC[C@H]2[C@H]3CN(CC4CCC4)C[C@]34CC[C@H]2O4)cc1.O=CO. The summed E-state index contributed by atoms with van der Waals surface area (Å²) in [6.45, 7) is 6.21. The van der Waals surface area contributed by atoms with E-state index in [1.165, 1.54) is 56.3 Å². The molecule has 5 rings (SSSR count). The summed E-state index contributed by atoms with van der Waals surface area (Å²) in [4.78, 5) is 23.5. The van der Waals surface area contributed by atoms with E-state index in [4.69, 9.17) is 14.6 Å². The van der Waals surface area contributed by atoms with Crippen LogP contribution in [0.2, 0.25) is 0 Å². The van der Waals surface area contributed by atoms with E-state index in [2.05, 4.69) is 41.4 Å². The number of carbonyl (C=O) groups excluding carboxylic acids is 1. The Kier molecular flexibility index (Phi) is 6.97. The van der Waals surface area contributed by atoms with Crippen molar-refractivity contribution in [2.75, 3.05) is 26.2 Å². The molecule has 4 atom stereocenters. The van der Waals surface area contributed by atoms with Crippen LogP contribution >= 0.6 is 0 Å². The van der Waals surface area contributed by atoms with Crippen LogP contribution in [0.15, 0.2) is 24.3 Å². The molecule has 1 aromatic rings. The second-order valence-corrected chi connectivity index (χ2v) is 9.92. The molecule has 0 unspecified atom stereocenters. The molecule has 4 fully saturated rings. The summed E-state index contributed by atoms with van der Waals surface area (Å²) in [7, 11) is 0. The van der Waals surface area contributed by atoms with Gasteiger partial charge >= 0.3 is 0 Å². The summed E-state index contributed by atoms with van der Waals surface area (Å²) in [5, 5.41) is 10.1. The maximum Gasteiger partial charge on any atom is 0.290 e. The Labute approximate surface area is 185 Å². The number of carbonyl (C=O) groups is 2. The van der Waals surface area contributed by atoms with Crippen LogP contribution in [0.5, 0.6) is 0 Å². The third-order valence-corrected chi connectivity index (χ3v) is 7.89. The van der Waals surface area contributed by atoms with Crippen LogP contribution in [0.25, 0.3) is 0 Å². The standard InChI is InChI=1S/C24H34N2O2.CH2O2/c1-17-5-7-18(8-6-17)9-10-23(27)25-13-20-21-15-26(14-19-3-2-4-19)16-24(21)12-11-22(20)28-24;2-1-3/h5-8,19-22H,2-4,9-16H2,1H3,(H,25,27);1H,(H,2,3)/t20-,21+,22+,24+;/m0./s1. The van der Waals surface area contributed by atoms with E-state index in [1.807, 2.05) is 0 Å². The Balaban J connectivity index is 0.000000730. The summed E-state index contributed by atoms with van der Waals surface area (Å²) in [6.07, 6.45) is 8.41. The van der Waals surface area contributed by atoms with E-state index in [9.17, 15) is 4.79 Å². The molecule has 0 aromatic heterocycles. The molecule has 1 spiro atoms. The van der Waals surface area contributed by atoms with Crippen molar-refractivity contribution in [2.24, 2.45) is 17.8 Å². The molecular weight excluding hydrogens is 392 g/mol. The molecule has 3 heterocycles. The van der Waals surface area contributed by atoms with Crippen molar-refractivity contribution in [2.45, 2.75) is 63.6 Å². The minimum absolute atomic E-state index is 0.103. The van der Waals surface area contributed by atoms with Crippen LogP contribution in [0, 0.1) is 24.7 Å². The molecule has 2 bridgehead atoms. The van der Waals surface area contributed by atoms with Crippen molar-refractivity contribution < 1.29 is 19.4 Å². The number of hydrogen-bond donors (Lipinski definition) is 2. The van der Waals surface area contributed by atoms with Gasteiger partial charge in [-0.25, -0.2) is 0 Å². The first kappa shape index (κ1) is 22.3. The van der Waals surface area contributed by atoms with E-state index in [-0.39, 0.29) is 18.0 Å². The Morgan fingerprint density at radius 1 is 1.29 bits per heavy atom. The quantitative estimate of drug-likeness (QED) is 0.653. The fourth-order valence-corrected chi connectivity index (χ4v) is 6.07. The lowest BCUT2D eigenvalue weighted by molar-refractivity contribution is -0.123. The zero-order chi connectivity index (χ0) is 21.8. The van der Waals surface area contributed by atoms with Gasteiger partial charge in [0.25, 0.3) is 6.47 Å². The van der Waals surface area contributed by atoms with Gasteiger partial charge in [-0.15, -0.1) is 0 Å². The Hall–Kier alpha value is -1.92.